The summed E-state index contributed by atoms with van der Waals surface area (Å²) in [7, 11) is 0. The van der Waals surface area contributed by atoms with Crippen LogP contribution in [-0.2, 0) is 15.8 Å². The summed E-state index contributed by atoms with van der Waals surface area (Å²) in [5.74, 6) is -1.81. The molecule has 7 nitrogen and oxygen atoms in total. The maximum atomic E-state index is 13.0. The number of nitrogens with zero attached hydrogens (tertiary/aromatic N) is 1. The third-order valence-corrected chi connectivity index (χ3v) is 7.30. The minimum Gasteiger partial charge on any atom is -0.325 e. The highest BCUT2D eigenvalue weighted by Crippen LogP contribution is 2.48. The molecule has 0 atom stereocenters. The second-order valence-electron chi connectivity index (χ2n) is 8.59. The van der Waals surface area contributed by atoms with Crippen LogP contribution in [0.15, 0.2) is 36.4 Å². The number of anilines is 3. The van der Waals surface area contributed by atoms with Gasteiger partial charge in [0.15, 0.2) is 5.13 Å². The number of aryl methyl sites for hydroxylation is 2. The van der Waals surface area contributed by atoms with Crippen LogP contribution in [0.2, 0.25) is 10.0 Å². The molecule has 0 aliphatic heterocycles. The first-order chi connectivity index (χ1) is 17.3. The molecule has 0 saturated heterocycles. The van der Waals surface area contributed by atoms with Gasteiger partial charge in [0.25, 0.3) is 5.91 Å². The van der Waals surface area contributed by atoms with Crippen LogP contribution in [0.3, 0.4) is 0 Å². The van der Waals surface area contributed by atoms with Gasteiger partial charge in [-0.3, -0.25) is 14.4 Å². The number of halogens is 5. The number of hydrogen-bond acceptors (Lipinski definition) is 5. The van der Waals surface area contributed by atoms with Crippen LogP contribution in [0.25, 0.3) is 0 Å². The van der Waals surface area contributed by atoms with Gasteiger partial charge in [-0.1, -0.05) is 34.5 Å². The average molecular weight is 571 g/mol. The van der Waals surface area contributed by atoms with Crippen molar-refractivity contribution in [1.82, 2.24) is 4.98 Å². The molecule has 1 aromatic heterocycles. The number of aromatic nitrogens is 1. The smallest absolute Gasteiger partial charge is 0.325 e. The van der Waals surface area contributed by atoms with Gasteiger partial charge in [-0.2, -0.15) is 13.2 Å². The van der Waals surface area contributed by atoms with E-state index in [4.69, 9.17) is 23.2 Å². The Hall–Kier alpha value is -3.15. The normalized spacial score (nSPS) is 14.1. The monoisotopic (exact) mass is 570 g/mol. The fourth-order valence-electron chi connectivity index (χ4n) is 3.60. The first-order valence-corrected chi connectivity index (χ1v) is 12.4. The van der Waals surface area contributed by atoms with E-state index >= 15 is 0 Å². The lowest BCUT2D eigenvalue weighted by molar-refractivity contribution is -0.137. The lowest BCUT2D eigenvalue weighted by Crippen LogP contribution is -2.35. The molecule has 1 aliphatic rings. The number of alkyl halides is 3. The van der Waals surface area contributed by atoms with E-state index in [9.17, 15) is 27.6 Å². The Labute approximate surface area is 223 Å². The lowest BCUT2D eigenvalue weighted by Gasteiger charge is -2.15. The van der Waals surface area contributed by atoms with Crippen molar-refractivity contribution in [1.29, 1.82) is 0 Å². The molecule has 0 bridgehead atoms. The minimum atomic E-state index is -4.61. The third-order valence-electron chi connectivity index (χ3n) is 5.68. The zero-order valence-electron chi connectivity index (χ0n) is 19.3. The molecule has 2 aromatic carbocycles. The van der Waals surface area contributed by atoms with Gasteiger partial charge in [0.05, 0.1) is 22.0 Å². The second-order valence-corrected chi connectivity index (χ2v) is 10.4. The summed E-state index contributed by atoms with van der Waals surface area (Å²) in [6, 6.07) is 7.61. The van der Waals surface area contributed by atoms with Crippen LogP contribution in [-0.4, -0.2) is 22.7 Å². The summed E-state index contributed by atoms with van der Waals surface area (Å²) in [5.41, 5.74) is -0.931. The number of nitrogens with one attached hydrogen (secondary N) is 3. The summed E-state index contributed by atoms with van der Waals surface area (Å²) in [6.07, 6.45) is -3.95. The van der Waals surface area contributed by atoms with Crippen LogP contribution in [0.5, 0.6) is 0 Å². The Morgan fingerprint density at radius 1 is 0.973 bits per heavy atom. The van der Waals surface area contributed by atoms with Gasteiger partial charge in [-0.15, -0.1) is 0 Å². The number of benzene rings is 2. The van der Waals surface area contributed by atoms with Gasteiger partial charge >= 0.3 is 6.18 Å². The van der Waals surface area contributed by atoms with Crippen molar-refractivity contribution in [2.24, 2.45) is 5.41 Å². The zero-order chi connectivity index (χ0) is 27.1. The van der Waals surface area contributed by atoms with Crippen LogP contribution < -0.4 is 16.0 Å². The van der Waals surface area contributed by atoms with Crippen LogP contribution in [0.1, 0.15) is 39.3 Å². The number of hydrogen-bond donors (Lipinski definition) is 3. The molecule has 3 amide bonds. The van der Waals surface area contributed by atoms with Gasteiger partial charge < -0.3 is 16.0 Å². The molecule has 194 valence electrons. The van der Waals surface area contributed by atoms with Crippen molar-refractivity contribution in [2.45, 2.75) is 32.9 Å². The Bertz CT molecular complexity index is 1400. The molecular formula is C24H19Cl2F3N4O3S. The topological polar surface area (TPSA) is 100 Å². The quantitative estimate of drug-likeness (QED) is 0.287. The van der Waals surface area contributed by atoms with Gasteiger partial charge in [-0.25, -0.2) is 4.98 Å². The molecule has 1 aliphatic carbocycles. The van der Waals surface area contributed by atoms with Crippen molar-refractivity contribution in [3.63, 3.8) is 0 Å². The fourth-order valence-corrected chi connectivity index (χ4v) is 4.91. The number of carbonyl (C=O) groups is 3. The maximum absolute atomic E-state index is 13.0. The Balaban J connectivity index is 1.46. The number of carbonyl (C=O) groups excluding carboxylic acids is 3. The summed E-state index contributed by atoms with van der Waals surface area (Å²) < 4.78 is 39.1. The molecule has 1 saturated carbocycles. The van der Waals surface area contributed by atoms with E-state index in [-0.39, 0.29) is 26.4 Å². The zero-order valence-corrected chi connectivity index (χ0v) is 21.7. The van der Waals surface area contributed by atoms with E-state index in [1.54, 1.807) is 18.2 Å². The van der Waals surface area contributed by atoms with Crippen molar-refractivity contribution >= 4 is 68.8 Å². The van der Waals surface area contributed by atoms with Crippen molar-refractivity contribution in [3.05, 3.63) is 68.1 Å². The highest BCUT2D eigenvalue weighted by atomic mass is 35.5. The van der Waals surface area contributed by atoms with E-state index in [0.717, 1.165) is 35.1 Å². The molecule has 13 heteroatoms. The third kappa shape index (κ3) is 5.89. The van der Waals surface area contributed by atoms with E-state index < -0.39 is 34.9 Å². The van der Waals surface area contributed by atoms with Gasteiger partial charge in [-0.05, 0) is 68.7 Å². The van der Waals surface area contributed by atoms with E-state index in [0.29, 0.717) is 23.6 Å². The second kappa shape index (κ2) is 9.96. The molecule has 1 fully saturated rings. The number of amides is 3. The molecular weight excluding hydrogens is 552 g/mol. The van der Waals surface area contributed by atoms with Gasteiger partial charge in [0.1, 0.15) is 10.3 Å². The molecule has 0 radical (unpaired) electrons. The maximum Gasteiger partial charge on any atom is 0.416 e. The number of rotatable bonds is 6. The minimum absolute atomic E-state index is 0.0625. The van der Waals surface area contributed by atoms with E-state index in [1.807, 2.05) is 6.92 Å². The van der Waals surface area contributed by atoms with Crippen LogP contribution in [0, 0.1) is 19.3 Å². The van der Waals surface area contributed by atoms with Crippen molar-refractivity contribution < 1.29 is 27.6 Å². The average Bonchev–Trinajstić information content (AvgIpc) is 3.52. The highest BCUT2D eigenvalue weighted by molar-refractivity contribution is 7.17. The van der Waals surface area contributed by atoms with Crippen molar-refractivity contribution in [2.75, 3.05) is 16.0 Å². The van der Waals surface area contributed by atoms with Gasteiger partial charge in [0.2, 0.25) is 11.8 Å². The summed E-state index contributed by atoms with van der Waals surface area (Å²) in [4.78, 5) is 42.8. The molecule has 4 rings (SSSR count). The number of thiazole rings is 1. The SMILES string of the molecule is Cc1cc(Cl)cc(NC(=O)C2(C(=O)Nc3nc(C)c(C(=O)Nc4cc(C(F)(F)F)ccc4Cl)s3)CC2)c1. The summed E-state index contributed by atoms with van der Waals surface area (Å²) >= 11 is 12.8. The van der Waals surface area contributed by atoms with Gasteiger partial charge in [0, 0.05) is 10.7 Å². The molecule has 0 spiro atoms. The Morgan fingerprint density at radius 2 is 1.65 bits per heavy atom. The van der Waals surface area contributed by atoms with Crippen LogP contribution >= 0.6 is 34.5 Å². The highest BCUT2D eigenvalue weighted by Gasteiger charge is 2.56. The molecule has 3 N–H and O–H groups in total. The molecule has 37 heavy (non-hydrogen) atoms. The summed E-state index contributed by atoms with van der Waals surface area (Å²) in [6.45, 7) is 3.33. The van der Waals surface area contributed by atoms with E-state index in [2.05, 4.69) is 20.9 Å². The molecule has 0 unspecified atom stereocenters. The van der Waals surface area contributed by atoms with Crippen LogP contribution in [0.4, 0.5) is 29.7 Å². The predicted octanol–water partition coefficient (Wildman–Crippen LogP) is 6.70. The summed E-state index contributed by atoms with van der Waals surface area (Å²) in [5, 5.41) is 8.09. The Morgan fingerprint density at radius 3 is 2.27 bits per heavy atom. The standard InChI is InChI=1S/C24H19Cl2F3N4O3S/c1-11-7-14(25)10-15(8-11)31-20(35)23(5-6-23)21(36)33-22-30-12(2)18(37-22)19(34)32-17-9-13(24(27,28)29)3-4-16(17)26/h3-4,7-10H,5-6H2,1-2H3,(H,31,35)(H,32,34)(H,30,33,36). The fraction of sp³-hybridized carbons (Fsp3) is 0.250. The van der Waals surface area contributed by atoms with E-state index in [1.165, 1.54) is 6.92 Å². The molecule has 1 heterocycles. The molecule has 3 aromatic rings. The predicted molar refractivity (Wildman–Crippen MR) is 136 cm³/mol. The first-order valence-electron chi connectivity index (χ1n) is 10.8. The lowest BCUT2D eigenvalue weighted by atomic mass is 10.1. The first kappa shape index (κ1) is 26.9. The van der Waals surface area contributed by atoms with Crippen molar-refractivity contribution in [3.8, 4) is 0 Å². The Kier molecular flexibility index (Phi) is 7.24. The largest absolute Gasteiger partial charge is 0.416 e.